The molecule has 0 fully saturated rings. The molecule has 0 aliphatic heterocycles. The van der Waals surface area contributed by atoms with E-state index in [0.717, 1.165) is 35.2 Å². The fraction of sp³-hybridized carbons (Fsp3) is 0.412. The summed E-state index contributed by atoms with van der Waals surface area (Å²) >= 11 is 0. The van der Waals surface area contributed by atoms with Crippen LogP contribution in [0.3, 0.4) is 0 Å². The maximum Gasteiger partial charge on any atom is 0.224 e. The van der Waals surface area contributed by atoms with Gasteiger partial charge in [0, 0.05) is 23.5 Å². The zero-order chi connectivity index (χ0) is 15.2. The number of carbonyl (C=O) groups is 1. The van der Waals surface area contributed by atoms with Gasteiger partial charge in [-0.15, -0.1) is 0 Å². The quantitative estimate of drug-likeness (QED) is 0.801. The average Bonchev–Trinajstić information content (AvgIpc) is 2.44. The van der Waals surface area contributed by atoms with Crippen molar-refractivity contribution < 1.29 is 4.79 Å². The number of hydrogen-bond acceptors (Lipinski definition) is 3. The normalized spacial score (nSPS) is 11.0. The van der Waals surface area contributed by atoms with Crippen molar-refractivity contribution in [3.63, 3.8) is 0 Å². The Bertz CT molecular complexity index is 622. The minimum absolute atomic E-state index is 0.0383. The van der Waals surface area contributed by atoms with Crippen molar-refractivity contribution in [3.05, 3.63) is 36.0 Å². The number of hydrogen-bond donors (Lipinski definition) is 2. The van der Waals surface area contributed by atoms with Crippen molar-refractivity contribution >= 4 is 22.5 Å². The molecule has 0 saturated carbocycles. The number of amides is 1. The van der Waals surface area contributed by atoms with Crippen LogP contribution in [0.2, 0.25) is 0 Å². The van der Waals surface area contributed by atoms with Crippen molar-refractivity contribution in [3.8, 4) is 0 Å². The van der Waals surface area contributed by atoms with Gasteiger partial charge in [0.1, 0.15) is 0 Å². The Balaban J connectivity index is 1.99. The van der Waals surface area contributed by atoms with Crippen LogP contribution in [0.4, 0.5) is 5.69 Å². The second kappa shape index (κ2) is 7.18. The van der Waals surface area contributed by atoms with E-state index in [-0.39, 0.29) is 5.91 Å². The molecule has 0 spiro atoms. The van der Waals surface area contributed by atoms with Gasteiger partial charge in [-0.05, 0) is 32.0 Å². The second-order valence-corrected chi connectivity index (χ2v) is 5.59. The minimum Gasteiger partial charge on any atom is -0.324 e. The number of rotatable bonds is 6. The van der Waals surface area contributed by atoms with Crippen LogP contribution < -0.4 is 10.6 Å². The van der Waals surface area contributed by atoms with E-state index >= 15 is 0 Å². The molecule has 0 saturated heterocycles. The smallest absolute Gasteiger partial charge is 0.224 e. The molecule has 1 aromatic carbocycles. The van der Waals surface area contributed by atoms with Crippen molar-refractivity contribution in [2.45, 2.75) is 39.7 Å². The van der Waals surface area contributed by atoms with Gasteiger partial charge in [0.05, 0.1) is 11.2 Å². The number of fused-ring (bicyclic) bond motifs is 1. The molecule has 2 N–H and O–H groups in total. The number of carbonyl (C=O) groups excluding carboxylic acids is 1. The van der Waals surface area contributed by atoms with Crippen LogP contribution in [0.25, 0.3) is 10.9 Å². The molecular weight excluding hydrogens is 262 g/mol. The lowest BCUT2D eigenvalue weighted by Crippen LogP contribution is -2.24. The number of benzene rings is 1. The predicted molar refractivity (Wildman–Crippen MR) is 87.5 cm³/mol. The molecule has 2 rings (SSSR count). The lowest BCUT2D eigenvalue weighted by molar-refractivity contribution is -0.116. The first-order valence-corrected chi connectivity index (χ1v) is 7.46. The number of anilines is 1. The topological polar surface area (TPSA) is 54.0 Å². The summed E-state index contributed by atoms with van der Waals surface area (Å²) in [5.74, 6) is 0.0383. The van der Waals surface area contributed by atoms with E-state index in [0.29, 0.717) is 12.5 Å². The number of aromatic nitrogens is 1. The third-order valence-electron chi connectivity index (χ3n) is 3.27. The molecule has 0 bridgehead atoms. The van der Waals surface area contributed by atoms with Gasteiger partial charge in [-0.3, -0.25) is 9.78 Å². The van der Waals surface area contributed by atoms with Gasteiger partial charge in [-0.2, -0.15) is 0 Å². The Labute approximate surface area is 126 Å². The van der Waals surface area contributed by atoms with Crippen LogP contribution in [-0.4, -0.2) is 23.5 Å². The molecule has 0 radical (unpaired) electrons. The lowest BCUT2D eigenvalue weighted by Gasteiger charge is -2.10. The van der Waals surface area contributed by atoms with Gasteiger partial charge in [0.25, 0.3) is 0 Å². The first kappa shape index (κ1) is 15.4. The highest BCUT2D eigenvalue weighted by molar-refractivity contribution is 6.00. The molecule has 1 heterocycles. The Morgan fingerprint density at radius 3 is 2.81 bits per heavy atom. The summed E-state index contributed by atoms with van der Waals surface area (Å²) in [4.78, 5) is 16.5. The fourth-order valence-corrected chi connectivity index (χ4v) is 2.20. The molecule has 1 aromatic heterocycles. The molecule has 112 valence electrons. The summed E-state index contributed by atoms with van der Waals surface area (Å²) in [7, 11) is 0. The average molecular weight is 285 g/mol. The highest BCUT2D eigenvalue weighted by Gasteiger charge is 2.07. The van der Waals surface area contributed by atoms with Crippen LogP contribution in [0.1, 0.15) is 32.4 Å². The third kappa shape index (κ3) is 4.53. The Kier molecular flexibility index (Phi) is 5.28. The van der Waals surface area contributed by atoms with Crippen LogP contribution >= 0.6 is 0 Å². The van der Waals surface area contributed by atoms with E-state index in [1.165, 1.54) is 0 Å². The lowest BCUT2D eigenvalue weighted by atomic mass is 10.1. The van der Waals surface area contributed by atoms with Crippen molar-refractivity contribution in [2.24, 2.45) is 0 Å². The number of pyridine rings is 1. The third-order valence-corrected chi connectivity index (χ3v) is 3.27. The Hall–Kier alpha value is -1.94. The Morgan fingerprint density at radius 2 is 2.05 bits per heavy atom. The second-order valence-electron chi connectivity index (χ2n) is 5.59. The largest absolute Gasteiger partial charge is 0.324 e. The monoisotopic (exact) mass is 285 g/mol. The van der Waals surface area contributed by atoms with Gasteiger partial charge in [-0.25, -0.2) is 0 Å². The van der Waals surface area contributed by atoms with Crippen molar-refractivity contribution in [2.75, 3.05) is 11.9 Å². The standard InChI is InChI=1S/C17H23N3O/c1-12(2)18-11-5-8-16(21)20-15-7-4-6-14-10-9-13(3)19-17(14)15/h4,6-7,9-10,12,18H,5,8,11H2,1-3H3,(H,20,21). The van der Waals surface area contributed by atoms with Gasteiger partial charge in [0.15, 0.2) is 0 Å². The molecule has 0 aliphatic rings. The summed E-state index contributed by atoms with van der Waals surface area (Å²) in [6.07, 6.45) is 1.35. The summed E-state index contributed by atoms with van der Waals surface area (Å²) in [5.41, 5.74) is 2.59. The molecule has 0 unspecified atom stereocenters. The number of nitrogens with one attached hydrogen (secondary N) is 2. The van der Waals surface area contributed by atoms with E-state index in [2.05, 4.69) is 29.5 Å². The molecule has 2 aromatic rings. The molecule has 0 atom stereocenters. The minimum atomic E-state index is 0.0383. The molecule has 21 heavy (non-hydrogen) atoms. The molecule has 4 nitrogen and oxygen atoms in total. The first-order chi connectivity index (χ1) is 10.1. The highest BCUT2D eigenvalue weighted by Crippen LogP contribution is 2.21. The van der Waals surface area contributed by atoms with E-state index in [1.807, 2.05) is 37.3 Å². The zero-order valence-corrected chi connectivity index (χ0v) is 12.9. The van der Waals surface area contributed by atoms with Crippen molar-refractivity contribution in [1.29, 1.82) is 0 Å². The number of para-hydroxylation sites is 1. The molecule has 4 heteroatoms. The SMILES string of the molecule is Cc1ccc2cccc(NC(=O)CCCNC(C)C)c2n1. The zero-order valence-electron chi connectivity index (χ0n) is 12.9. The Morgan fingerprint density at radius 1 is 1.24 bits per heavy atom. The van der Waals surface area contributed by atoms with E-state index < -0.39 is 0 Å². The summed E-state index contributed by atoms with van der Waals surface area (Å²) in [6, 6.07) is 10.3. The van der Waals surface area contributed by atoms with Gasteiger partial charge in [-0.1, -0.05) is 32.0 Å². The summed E-state index contributed by atoms with van der Waals surface area (Å²) in [6.45, 7) is 7.02. The van der Waals surface area contributed by atoms with Gasteiger partial charge in [0.2, 0.25) is 5.91 Å². The van der Waals surface area contributed by atoms with E-state index in [4.69, 9.17) is 0 Å². The van der Waals surface area contributed by atoms with Crippen molar-refractivity contribution in [1.82, 2.24) is 10.3 Å². The van der Waals surface area contributed by atoms with E-state index in [9.17, 15) is 4.79 Å². The van der Waals surface area contributed by atoms with Gasteiger partial charge < -0.3 is 10.6 Å². The summed E-state index contributed by atoms with van der Waals surface area (Å²) < 4.78 is 0. The van der Waals surface area contributed by atoms with E-state index in [1.54, 1.807) is 0 Å². The molecule has 0 aliphatic carbocycles. The van der Waals surface area contributed by atoms with Crippen LogP contribution in [0.15, 0.2) is 30.3 Å². The fourth-order valence-electron chi connectivity index (χ4n) is 2.20. The predicted octanol–water partition coefficient (Wildman–Crippen LogP) is 3.26. The van der Waals surface area contributed by atoms with Crippen LogP contribution in [0, 0.1) is 6.92 Å². The van der Waals surface area contributed by atoms with Crippen LogP contribution in [-0.2, 0) is 4.79 Å². The van der Waals surface area contributed by atoms with Gasteiger partial charge >= 0.3 is 0 Å². The number of nitrogens with zero attached hydrogens (tertiary/aromatic N) is 1. The summed E-state index contributed by atoms with van der Waals surface area (Å²) in [5, 5.41) is 7.32. The van der Waals surface area contributed by atoms with Crippen LogP contribution in [0.5, 0.6) is 0 Å². The maximum absolute atomic E-state index is 12.0. The number of aryl methyl sites for hydroxylation is 1. The molecular formula is C17H23N3O. The highest BCUT2D eigenvalue weighted by atomic mass is 16.1. The molecule has 1 amide bonds. The maximum atomic E-state index is 12.0. The first-order valence-electron chi connectivity index (χ1n) is 7.46.